The van der Waals surface area contributed by atoms with Crippen molar-refractivity contribution in [2.24, 2.45) is 0 Å². The summed E-state index contributed by atoms with van der Waals surface area (Å²) in [5.41, 5.74) is 4.69. The van der Waals surface area contributed by atoms with Gasteiger partial charge >= 0.3 is 0 Å². The molecule has 0 aromatic heterocycles. The highest BCUT2D eigenvalue weighted by Crippen LogP contribution is 2.48. The molecule has 0 bridgehead atoms. The molecule has 0 N–H and O–H groups in total. The van der Waals surface area contributed by atoms with Crippen LogP contribution >= 0.6 is 11.8 Å². The zero-order valence-electron chi connectivity index (χ0n) is 22.7. The van der Waals surface area contributed by atoms with Crippen LogP contribution in [0, 0.1) is 0 Å². The van der Waals surface area contributed by atoms with E-state index < -0.39 is 0 Å². The van der Waals surface area contributed by atoms with Crippen molar-refractivity contribution in [1.82, 2.24) is 9.80 Å². The van der Waals surface area contributed by atoms with E-state index in [1.54, 1.807) is 0 Å². The lowest BCUT2D eigenvalue weighted by molar-refractivity contribution is 0.0646. The van der Waals surface area contributed by atoms with Gasteiger partial charge in [-0.25, -0.2) is 0 Å². The molecule has 1 fully saturated rings. The zero-order chi connectivity index (χ0) is 27.2. The Labute approximate surface area is 241 Å². The second-order valence-electron chi connectivity index (χ2n) is 10.3. The molecule has 0 spiro atoms. The Morgan fingerprint density at radius 2 is 1.10 bits per heavy atom. The molecule has 3 nitrogen and oxygen atoms in total. The number of hydrogen-bond donors (Lipinski definition) is 0. The minimum atomic E-state index is -0.296. The highest BCUT2D eigenvalue weighted by molar-refractivity contribution is 8.00. The number of thioether (sulfide) groups is 1. The van der Waals surface area contributed by atoms with Gasteiger partial charge in [0.25, 0.3) is 5.91 Å². The van der Waals surface area contributed by atoms with Crippen LogP contribution in [0.25, 0.3) is 10.8 Å². The van der Waals surface area contributed by atoms with Crippen molar-refractivity contribution in [3.05, 3.63) is 156 Å². The van der Waals surface area contributed by atoms with Gasteiger partial charge in [-0.1, -0.05) is 127 Å². The average Bonchev–Trinajstić information content (AvgIpc) is 3.04. The third-order valence-corrected chi connectivity index (χ3v) is 9.47. The normalized spacial score (nSPS) is 14.3. The molecule has 1 aliphatic heterocycles. The number of piperazine rings is 1. The van der Waals surface area contributed by atoms with E-state index in [0.29, 0.717) is 0 Å². The van der Waals surface area contributed by atoms with Crippen molar-refractivity contribution in [3.63, 3.8) is 0 Å². The SMILES string of the molecule is O=C(c1cccc2ccccc12)N1CCN(CCSC(c2ccccc2)(c2ccccc2)c2ccccc2)CC1. The molecular weight excluding hydrogens is 508 g/mol. The molecule has 40 heavy (non-hydrogen) atoms. The number of amides is 1. The summed E-state index contributed by atoms with van der Waals surface area (Å²) in [4.78, 5) is 18.0. The van der Waals surface area contributed by atoms with Gasteiger partial charge in [-0.15, -0.1) is 11.8 Å². The van der Waals surface area contributed by atoms with E-state index in [1.807, 2.05) is 40.9 Å². The number of fused-ring (bicyclic) bond motifs is 1. The fraction of sp³-hybridized carbons (Fsp3) is 0.194. The highest BCUT2D eigenvalue weighted by atomic mass is 32.2. The van der Waals surface area contributed by atoms with Crippen LogP contribution in [-0.2, 0) is 4.75 Å². The van der Waals surface area contributed by atoms with Crippen molar-refractivity contribution in [2.45, 2.75) is 4.75 Å². The van der Waals surface area contributed by atoms with E-state index in [2.05, 4.69) is 114 Å². The molecule has 5 aromatic carbocycles. The molecule has 0 radical (unpaired) electrons. The molecule has 5 aromatic rings. The number of benzene rings is 5. The smallest absolute Gasteiger partial charge is 0.254 e. The van der Waals surface area contributed by atoms with Gasteiger partial charge in [0.2, 0.25) is 0 Å². The first-order valence-corrected chi connectivity index (χ1v) is 15.0. The summed E-state index contributed by atoms with van der Waals surface area (Å²) in [7, 11) is 0. The summed E-state index contributed by atoms with van der Waals surface area (Å²) >= 11 is 2.01. The Morgan fingerprint density at radius 1 is 0.600 bits per heavy atom. The predicted octanol–water partition coefficient (Wildman–Crippen LogP) is 7.32. The largest absolute Gasteiger partial charge is 0.336 e. The molecule has 0 atom stereocenters. The second kappa shape index (κ2) is 12.1. The summed E-state index contributed by atoms with van der Waals surface area (Å²) in [6.07, 6.45) is 0. The maximum atomic E-state index is 13.4. The van der Waals surface area contributed by atoms with Crippen molar-refractivity contribution in [3.8, 4) is 0 Å². The lowest BCUT2D eigenvalue weighted by Gasteiger charge is -2.38. The topological polar surface area (TPSA) is 23.6 Å². The lowest BCUT2D eigenvalue weighted by atomic mass is 9.84. The molecule has 0 aliphatic carbocycles. The summed E-state index contributed by atoms with van der Waals surface area (Å²) in [6, 6.07) is 46.8. The van der Waals surface area contributed by atoms with Gasteiger partial charge in [0, 0.05) is 44.0 Å². The van der Waals surface area contributed by atoms with Gasteiger partial charge in [0.1, 0.15) is 0 Å². The second-order valence-corrected chi connectivity index (χ2v) is 11.6. The van der Waals surface area contributed by atoms with E-state index in [-0.39, 0.29) is 10.7 Å². The molecular formula is C36H34N2OS. The van der Waals surface area contributed by atoms with Crippen LogP contribution in [0.2, 0.25) is 0 Å². The van der Waals surface area contributed by atoms with E-state index in [0.717, 1.165) is 54.8 Å². The molecule has 6 rings (SSSR count). The Bertz CT molecular complexity index is 1450. The molecule has 200 valence electrons. The predicted molar refractivity (Wildman–Crippen MR) is 168 cm³/mol. The third kappa shape index (κ3) is 5.30. The Morgan fingerprint density at radius 3 is 1.68 bits per heavy atom. The molecule has 1 aliphatic rings. The van der Waals surface area contributed by atoms with Crippen LogP contribution in [0.3, 0.4) is 0 Å². The van der Waals surface area contributed by atoms with Gasteiger partial charge in [-0.05, 0) is 33.5 Å². The van der Waals surface area contributed by atoms with Crippen LogP contribution < -0.4 is 0 Å². The van der Waals surface area contributed by atoms with Crippen LogP contribution in [0.5, 0.6) is 0 Å². The summed E-state index contributed by atoms with van der Waals surface area (Å²) in [6.45, 7) is 4.29. The van der Waals surface area contributed by atoms with Gasteiger partial charge in [-0.3, -0.25) is 9.69 Å². The fourth-order valence-electron chi connectivity index (χ4n) is 5.85. The maximum Gasteiger partial charge on any atom is 0.254 e. The van der Waals surface area contributed by atoms with Crippen molar-refractivity contribution < 1.29 is 4.79 Å². The van der Waals surface area contributed by atoms with Gasteiger partial charge in [-0.2, -0.15) is 0 Å². The molecule has 1 heterocycles. The van der Waals surface area contributed by atoms with Crippen LogP contribution in [0.1, 0.15) is 27.0 Å². The van der Waals surface area contributed by atoms with Gasteiger partial charge in [0.05, 0.1) is 4.75 Å². The molecule has 0 saturated carbocycles. The highest BCUT2D eigenvalue weighted by Gasteiger charge is 2.37. The molecule has 1 saturated heterocycles. The summed E-state index contributed by atoms with van der Waals surface area (Å²) in [5.74, 6) is 1.12. The van der Waals surface area contributed by atoms with E-state index in [4.69, 9.17) is 0 Å². The Kier molecular flexibility index (Phi) is 7.99. The molecule has 4 heteroatoms. The maximum absolute atomic E-state index is 13.4. The minimum Gasteiger partial charge on any atom is -0.336 e. The zero-order valence-corrected chi connectivity index (χ0v) is 23.5. The standard InChI is InChI=1S/C36H34N2OS/c39-35(34-22-12-14-29-13-10-11-21-33(29)34)38-25-23-37(24-26-38)27-28-40-36(30-15-4-1-5-16-30,31-17-6-2-7-18-31)32-19-8-3-9-20-32/h1-22H,23-28H2. The monoisotopic (exact) mass is 542 g/mol. The van der Waals surface area contributed by atoms with Crippen LogP contribution in [0.4, 0.5) is 0 Å². The van der Waals surface area contributed by atoms with Crippen molar-refractivity contribution >= 4 is 28.4 Å². The molecule has 0 unspecified atom stereocenters. The first kappa shape index (κ1) is 26.4. The number of carbonyl (C=O) groups excluding carboxylic acids is 1. The number of carbonyl (C=O) groups is 1. The van der Waals surface area contributed by atoms with Crippen LogP contribution in [0.15, 0.2) is 133 Å². The fourth-order valence-corrected chi connectivity index (χ4v) is 7.42. The Hall–Kier alpha value is -3.86. The first-order chi connectivity index (χ1) is 19.8. The minimum absolute atomic E-state index is 0.141. The Balaban J connectivity index is 1.17. The van der Waals surface area contributed by atoms with Gasteiger partial charge < -0.3 is 4.90 Å². The number of hydrogen-bond acceptors (Lipinski definition) is 3. The lowest BCUT2D eigenvalue weighted by Crippen LogP contribution is -2.49. The first-order valence-electron chi connectivity index (χ1n) is 14.1. The van der Waals surface area contributed by atoms with Crippen LogP contribution in [-0.4, -0.2) is 54.2 Å². The van der Waals surface area contributed by atoms with E-state index >= 15 is 0 Å². The quantitative estimate of drug-likeness (QED) is 0.192. The van der Waals surface area contributed by atoms with E-state index in [9.17, 15) is 4.79 Å². The van der Waals surface area contributed by atoms with Crippen molar-refractivity contribution in [2.75, 3.05) is 38.5 Å². The average molecular weight is 543 g/mol. The number of rotatable bonds is 8. The summed E-state index contributed by atoms with van der Waals surface area (Å²) in [5, 5.41) is 2.15. The third-order valence-electron chi connectivity index (χ3n) is 7.95. The number of nitrogens with zero attached hydrogens (tertiary/aromatic N) is 2. The molecule has 1 amide bonds. The van der Waals surface area contributed by atoms with E-state index in [1.165, 1.54) is 16.7 Å². The van der Waals surface area contributed by atoms with Gasteiger partial charge in [0.15, 0.2) is 0 Å². The summed E-state index contributed by atoms with van der Waals surface area (Å²) < 4.78 is -0.296. The van der Waals surface area contributed by atoms with Crippen molar-refractivity contribution in [1.29, 1.82) is 0 Å².